The topological polar surface area (TPSA) is 66.8 Å². The Kier molecular flexibility index (Phi) is 4.26. The summed E-state index contributed by atoms with van der Waals surface area (Å²) in [5, 5.41) is 18.2. The van der Waals surface area contributed by atoms with Crippen molar-refractivity contribution >= 4 is 5.78 Å². The normalized spacial score (nSPS) is 16.5. The van der Waals surface area contributed by atoms with Gasteiger partial charge in [-0.15, -0.1) is 0 Å². The molecule has 0 bridgehead atoms. The van der Waals surface area contributed by atoms with Crippen LogP contribution in [-0.2, 0) is 9.53 Å². The molecule has 0 fully saturated rings. The maximum atomic E-state index is 11.7. The van der Waals surface area contributed by atoms with E-state index >= 15 is 0 Å². The van der Waals surface area contributed by atoms with Crippen molar-refractivity contribution in [3.8, 4) is 0 Å². The zero-order valence-electron chi connectivity index (χ0n) is 9.69. The van der Waals surface area contributed by atoms with Crippen molar-refractivity contribution in [3.63, 3.8) is 0 Å². The summed E-state index contributed by atoms with van der Waals surface area (Å²) < 4.78 is 5.24. The summed E-state index contributed by atoms with van der Waals surface area (Å²) in [5.74, 6) is 0.520. The standard InChI is InChI=1S/C12H18O4/c1-12(2,15)11(14)9-3-5-10(6-4-9)16-8-7-13/h3,5,13,15H,4,6-8H2,1-2H3. The van der Waals surface area contributed by atoms with Crippen LogP contribution in [0.2, 0.25) is 0 Å². The molecule has 0 aromatic rings. The second kappa shape index (κ2) is 5.27. The van der Waals surface area contributed by atoms with E-state index in [1.54, 1.807) is 12.2 Å². The van der Waals surface area contributed by atoms with E-state index in [4.69, 9.17) is 9.84 Å². The molecule has 90 valence electrons. The van der Waals surface area contributed by atoms with Gasteiger partial charge in [0.05, 0.1) is 12.4 Å². The number of hydrogen-bond acceptors (Lipinski definition) is 4. The molecule has 0 saturated heterocycles. The second-order valence-corrected chi connectivity index (χ2v) is 4.29. The van der Waals surface area contributed by atoms with Gasteiger partial charge in [0, 0.05) is 6.42 Å². The highest BCUT2D eigenvalue weighted by molar-refractivity contribution is 6.01. The maximum absolute atomic E-state index is 11.7. The van der Waals surface area contributed by atoms with E-state index in [1.807, 2.05) is 0 Å². The van der Waals surface area contributed by atoms with Gasteiger partial charge in [-0.1, -0.05) is 6.08 Å². The zero-order valence-corrected chi connectivity index (χ0v) is 9.69. The van der Waals surface area contributed by atoms with E-state index in [2.05, 4.69) is 0 Å². The van der Waals surface area contributed by atoms with Gasteiger partial charge in [-0.05, 0) is 31.9 Å². The first-order valence-electron chi connectivity index (χ1n) is 5.35. The Bertz CT molecular complexity index is 320. The molecule has 0 spiro atoms. The van der Waals surface area contributed by atoms with E-state index in [1.165, 1.54) is 13.8 Å². The summed E-state index contributed by atoms with van der Waals surface area (Å²) in [7, 11) is 0. The van der Waals surface area contributed by atoms with E-state index in [0.29, 0.717) is 18.4 Å². The van der Waals surface area contributed by atoms with Crippen LogP contribution in [0.5, 0.6) is 0 Å². The third-order valence-electron chi connectivity index (χ3n) is 2.34. The first-order valence-corrected chi connectivity index (χ1v) is 5.35. The Hall–Kier alpha value is -1.13. The van der Waals surface area contributed by atoms with Crippen LogP contribution in [0.3, 0.4) is 0 Å². The fourth-order valence-electron chi connectivity index (χ4n) is 1.50. The first-order chi connectivity index (χ1) is 7.45. The molecule has 0 saturated carbocycles. The van der Waals surface area contributed by atoms with Crippen molar-refractivity contribution in [3.05, 3.63) is 23.5 Å². The van der Waals surface area contributed by atoms with E-state index in [-0.39, 0.29) is 19.0 Å². The van der Waals surface area contributed by atoms with Gasteiger partial charge in [-0.25, -0.2) is 0 Å². The molecule has 0 aromatic carbocycles. The van der Waals surface area contributed by atoms with Gasteiger partial charge in [-0.2, -0.15) is 0 Å². The van der Waals surface area contributed by atoms with Gasteiger partial charge >= 0.3 is 0 Å². The highest BCUT2D eigenvalue weighted by Crippen LogP contribution is 2.23. The minimum absolute atomic E-state index is 0.0173. The molecule has 2 N–H and O–H groups in total. The van der Waals surface area contributed by atoms with Crippen molar-refractivity contribution in [2.24, 2.45) is 0 Å². The molecule has 4 nitrogen and oxygen atoms in total. The van der Waals surface area contributed by atoms with Crippen LogP contribution in [0.15, 0.2) is 23.5 Å². The number of carbonyl (C=O) groups is 1. The highest BCUT2D eigenvalue weighted by Gasteiger charge is 2.27. The lowest BCUT2D eigenvalue weighted by Gasteiger charge is -2.20. The van der Waals surface area contributed by atoms with Gasteiger partial charge in [0.1, 0.15) is 12.2 Å². The summed E-state index contributed by atoms with van der Waals surface area (Å²) in [6, 6.07) is 0. The van der Waals surface area contributed by atoms with Crippen molar-refractivity contribution in [2.75, 3.05) is 13.2 Å². The molecular formula is C12H18O4. The summed E-state index contributed by atoms with van der Waals surface area (Å²) in [4.78, 5) is 11.7. The predicted molar refractivity (Wildman–Crippen MR) is 59.7 cm³/mol. The lowest BCUT2D eigenvalue weighted by Crippen LogP contribution is -2.32. The molecule has 4 heteroatoms. The number of allylic oxidation sites excluding steroid dienone is 3. The minimum Gasteiger partial charge on any atom is -0.496 e. The SMILES string of the molecule is CC(C)(O)C(=O)C1=CC=C(OCCO)CC1. The van der Waals surface area contributed by atoms with Crippen LogP contribution in [0.25, 0.3) is 0 Å². The summed E-state index contributed by atoms with van der Waals surface area (Å²) in [6.07, 6.45) is 4.60. The van der Waals surface area contributed by atoms with Crippen LogP contribution in [-0.4, -0.2) is 34.8 Å². The number of ketones is 1. The van der Waals surface area contributed by atoms with Gasteiger partial charge in [-0.3, -0.25) is 4.79 Å². The lowest BCUT2D eigenvalue weighted by molar-refractivity contribution is -0.130. The molecule has 0 unspecified atom stereocenters. The number of carbonyl (C=O) groups excluding carboxylic acids is 1. The Balaban J connectivity index is 2.64. The Labute approximate surface area is 95.2 Å². The largest absolute Gasteiger partial charge is 0.496 e. The van der Waals surface area contributed by atoms with Crippen LogP contribution >= 0.6 is 0 Å². The average Bonchev–Trinajstić information content (AvgIpc) is 2.25. The summed E-state index contributed by atoms with van der Waals surface area (Å²) >= 11 is 0. The van der Waals surface area contributed by atoms with Gasteiger partial charge in [0.15, 0.2) is 5.78 Å². The molecule has 0 aromatic heterocycles. The quantitative estimate of drug-likeness (QED) is 0.732. The fraction of sp³-hybridized carbons (Fsp3) is 0.583. The molecule has 0 atom stereocenters. The van der Waals surface area contributed by atoms with E-state index in [9.17, 15) is 9.90 Å². The number of Topliss-reactive ketones (excluding diaryl/α,β-unsaturated/α-hetero) is 1. The van der Waals surface area contributed by atoms with Crippen LogP contribution < -0.4 is 0 Å². The fourth-order valence-corrected chi connectivity index (χ4v) is 1.50. The highest BCUT2D eigenvalue weighted by atomic mass is 16.5. The molecule has 1 rings (SSSR count). The average molecular weight is 226 g/mol. The molecular weight excluding hydrogens is 208 g/mol. The Morgan fingerprint density at radius 2 is 2.12 bits per heavy atom. The molecule has 0 radical (unpaired) electrons. The van der Waals surface area contributed by atoms with Crippen molar-refractivity contribution in [2.45, 2.75) is 32.3 Å². The molecule has 16 heavy (non-hydrogen) atoms. The van der Waals surface area contributed by atoms with Crippen LogP contribution in [0.4, 0.5) is 0 Å². The van der Waals surface area contributed by atoms with Crippen LogP contribution in [0.1, 0.15) is 26.7 Å². The van der Waals surface area contributed by atoms with E-state index in [0.717, 1.165) is 5.76 Å². The maximum Gasteiger partial charge on any atom is 0.189 e. The number of aliphatic hydroxyl groups excluding tert-OH is 1. The predicted octanol–water partition coefficient (Wildman–Crippen LogP) is 0.939. The number of ether oxygens (including phenoxy) is 1. The number of rotatable bonds is 5. The molecule has 0 aliphatic heterocycles. The Morgan fingerprint density at radius 1 is 1.44 bits per heavy atom. The number of hydrogen-bond donors (Lipinski definition) is 2. The third kappa shape index (κ3) is 3.47. The monoisotopic (exact) mass is 226 g/mol. The van der Waals surface area contributed by atoms with Gasteiger partial charge < -0.3 is 14.9 Å². The van der Waals surface area contributed by atoms with Gasteiger partial charge in [0.25, 0.3) is 0 Å². The first kappa shape index (κ1) is 12.9. The molecule has 1 aliphatic carbocycles. The summed E-state index contributed by atoms with van der Waals surface area (Å²) in [5.41, 5.74) is -0.702. The Morgan fingerprint density at radius 3 is 2.56 bits per heavy atom. The van der Waals surface area contributed by atoms with Crippen LogP contribution in [0, 0.1) is 0 Å². The van der Waals surface area contributed by atoms with Crippen molar-refractivity contribution in [1.29, 1.82) is 0 Å². The van der Waals surface area contributed by atoms with Crippen molar-refractivity contribution in [1.82, 2.24) is 0 Å². The lowest BCUT2D eigenvalue weighted by atomic mass is 9.91. The molecule has 0 heterocycles. The molecule has 0 amide bonds. The van der Waals surface area contributed by atoms with Gasteiger partial charge in [0.2, 0.25) is 0 Å². The van der Waals surface area contributed by atoms with Crippen molar-refractivity contribution < 1.29 is 19.7 Å². The molecule has 1 aliphatic rings. The minimum atomic E-state index is -1.32. The zero-order chi connectivity index (χ0) is 12.2. The third-order valence-corrected chi connectivity index (χ3v) is 2.34. The number of aliphatic hydroxyl groups is 2. The van der Waals surface area contributed by atoms with E-state index < -0.39 is 5.60 Å². The summed E-state index contributed by atoms with van der Waals surface area (Å²) in [6.45, 7) is 3.22. The second-order valence-electron chi connectivity index (χ2n) is 4.29. The smallest absolute Gasteiger partial charge is 0.189 e.